The van der Waals surface area contributed by atoms with Crippen molar-refractivity contribution in [2.24, 2.45) is 11.8 Å². The lowest BCUT2D eigenvalue weighted by Gasteiger charge is -2.22. The highest BCUT2D eigenvalue weighted by Gasteiger charge is 2.46. The summed E-state index contributed by atoms with van der Waals surface area (Å²) in [6.45, 7) is 6.87. The van der Waals surface area contributed by atoms with Crippen molar-refractivity contribution in [2.45, 2.75) is 38.4 Å². The fourth-order valence-corrected chi connectivity index (χ4v) is 5.39. The quantitative estimate of drug-likeness (QED) is 0.688. The molecule has 0 spiro atoms. The third kappa shape index (κ3) is 1.82. The van der Waals surface area contributed by atoms with E-state index >= 15 is 0 Å². The third-order valence-electron chi connectivity index (χ3n) is 4.67. The second kappa shape index (κ2) is 4.41. The van der Waals surface area contributed by atoms with Crippen molar-refractivity contribution >= 4 is 11.8 Å². The summed E-state index contributed by atoms with van der Waals surface area (Å²) in [7, 11) is 0. The van der Waals surface area contributed by atoms with Gasteiger partial charge in [0, 0.05) is 5.25 Å². The standard InChI is InChI=1S/C16H19FS/c1-9-8-14-10(2)11(3)18-16(14)15(9)12-4-6-13(17)7-5-12/h4-7,9,14-16H,8H2,1-3H3. The van der Waals surface area contributed by atoms with Crippen LogP contribution < -0.4 is 0 Å². The van der Waals surface area contributed by atoms with E-state index in [0.717, 1.165) is 5.92 Å². The van der Waals surface area contributed by atoms with E-state index in [1.807, 2.05) is 23.9 Å². The second-order valence-electron chi connectivity index (χ2n) is 5.72. The number of fused-ring (bicyclic) bond motifs is 1. The SMILES string of the molecule is CC1=C(C)C2CC(C)C(c3ccc(F)cc3)C2S1. The molecule has 18 heavy (non-hydrogen) atoms. The van der Waals surface area contributed by atoms with Gasteiger partial charge in [0.05, 0.1) is 0 Å². The lowest BCUT2D eigenvalue weighted by atomic mass is 9.89. The van der Waals surface area contributed by atoms with Crippen LogP contribution in [0.25, 0.3) is 0 Å². The van der Waals surface area contributed by atoms with Crippen LogP contribution in [0.2, 0.25) is 0 Å². The zero-order valence-corrected chi connectivity index (χ0v) is 11.9. The van der Waals surface area contributed by atoms with E-state index in [4.69, 9.17) is 0 Å². The van der Waals surface area contributed by atoms with Gasteiger partial charge in [0.1, 0.15) is 5.82 Å². The number of hydrogen-bond donors (Lipinski definition) is 0. The van der Waals surface area contributed by atoms with E-state index in [-0.39, 0.29) is 5.82 Å². The number of thioether (sulfide) groups is 1. The average molecular weight is 262 g/mol. The van der Waals surface area contributed by atoms with Gasteiger partial charge < -0.3 is 0 Å². The fourth-order valence-electron chi connectivity index (χ4n) is 3.60. The van der Waals surface area contributed by atoms with Crippen molar-refractivity contribution in [3.63, 3.8) is 0 Å². The van der Waals surface area contributed by atoms with Crippen molar-refractivity contribution in [3.8, 4) is 0 Å². The average Bonchev–Trinajstić information content (AvgIpc) is 2.79. The summed E-state index contributed by atoms with van der Waals surface area (Å²) in [6, 6.07) is 7.15. The molecule has 0 N–H and O–H groups in total. The summed E-state index contributed by atoms with van der Waals surface area (Å²) in [5.74, 6) is 1.87. The van der Waals surface area contributed by atoms with E-state index in [2.05, 4.69) is 20.8 Å². The first kappa shape index (κ1) is 12.3. The predicted octanol–water partition coefficient (Wildman–Crippen LogP) is 4.97. The minimum absolute atomic E-state index is 0.134. The molecule has 4 atom stereocenters. The van der Waals surface area contributed by atoms with Crippen LogP contribution in [0.15, 0.2) is 34.7 Å². The largest absolute Gasteiger partial charge is 0.207 e. The molecular weight excluding hydrogens is 243 g/mol. The topological polar surface area (TPSA) is 0 Å². The monoisotopic (exact) mass is 262 g/mol. The number of rotatable bonds is 1. The molecule has 1 fully saturated rings. The Kier molecular flexibility index (Phi) is 3.01. The van der Waals surface area contributed by atoms with Crippen molar-refractivity contribution in [3.05, 3.63) is 46.1 Å². The Labute approximate surface area is 113 Å². The molecule has 0 bridgehead atoms. The smallest absolute Gasteiger partial charge is 0.123 e. The molecule has 0 radical (unpaired) electrons. The van der Waals surface area contributed by atoms with E-state index in [0.29, 0.717) is 17.1 Å². The summed E-state index contributed by atoms with van der Waals surface area (Å²) >= 11 is 2.04. The molecule has 3 rings (SSSR count). The lowest BCUT2D eigenvalue weighted by Crippen LogP contribution is -2.15. The van der Waals surface area contributed by atoms with Gasteiger partial charge in [-0.25, -0.2) is 4.39 Å². The Morgan fingerprint density at radius 2 is 1.83 bits per heavy atom. The zero-order valence-electron chi connectivity index (χ0n) is 11.1. The lowest BCUT2D eigenvalue weighted by molar-refractivity contribution is 0.528. The minimum atomic E-state index is -0.134. The van der Waals surface area contributed by atoms with Gasteiger partial charge in [-0.05, 0) is 60.6 Å². The van der Waals surface area contributed by atoms with Crippen LogP contribution in [0.4, 0.5) is 4.39 Å². The Bertz CT molecular complexity index is 488. The summed E-state index contributed by atoms with van der Waals surface area (Å²) in [4.78, 5) is 1.50. The molecule has 0 amide bonds. The van der Waals surface area contributed by atoms with Gasteiger partial charge in [-0.2, -0.15) is 0 Å². The first-order valence-corrected chi connectivity index (χ1v) is 7.55. The van der Waals surface area contributed by atoms with Gasteiger partial charge in [0.15, 0.2) is 0 Å². The molecule has 0 saturated heterocycles. The minimum Gasteiger partial charge on any atom is -0.207 e. The molecule has 1 heterocycles. The summed E-state index contributed by atoms with van der Waals surface area (Å²) in [5.41, 5.74) is 2.90. The first-order valence-electron chi connectivity index (χ1n) is 6.67. The van der Waals surface area contributed by atoms with Crippen LogP contribution >= 0.6 is 11.8 Å². The van der Waals surface area contributed by atoms with Crippen molar-refractivity contribution < 1.29 is 4.39 Å². The van der Waals surface area contributed by atoms with Gasteiger partial charge in [-0.15, -0.1) is 11.8 Å². The van der Waals surface area contributed by atoms with E-state index < -0.39 is 0 Å². The van der Waals surface area contributed by atoms with Crippen LogP contribution in [0, 0.1) is 17.7 Å². The molecule has 0 nitrogen and oxygen atoms in total. The van der Waals surface area contributed by atoms with Crippen LogP contribution in [0.3, 0.4) is 0 Å². The Morgan fingerprint density at radius 1 is 1.17 bits per heavy atom. The van der Waals surface area contributed by atoms with E-state index in [1.54, 1.807) is 17.7 Å². The van der Waals surface area contributed by atoms with Crippen LogP contribution in [-0.4, -0.2) is 5.25 Å². The van der Waals surface area contributed by atoms with Gasteiger partial charge in [0.25, 0.3) is 0 Å². The van der Waals surface area contributed by atoms with Crippen LogP contribution in [0.5, 0.6) is 0 Å². The number of halogens is 1. The number of allylic oxidation sites excluding steroid dienone is 2. The van der Waals surface area contributed by atoms with Gasteiger partial charge >= 0.3 is 0 Å². The number of hydrogen-bond acceptors (Lipinski definition) is 1. The molecule has 1 aliphatic carbocycles. The van der Waals surface area contributed by atoms with Gasteiger partial charge in [0.2, 0.25) is 0 Å². The Balaban J connectivity index is 1.92. The molecule has 2 aliphatic rings. The molecule has 2 heteroatoms. The van der Waals surface area contributed by atoms with Gasteiger partial charge in [-0.1, -0.05) is 24.6 Å². The molecule has 1 aliphatic heterocycles. The highest BCUT2D eigenvalue weighted by Crippen LogP contribution is 2.57. The van der Waals surface area contributed by atoms with Gasteiger partial charge in [-0.3, -0.25) is 0 Å². The van der Waals surface area contributed by atoms with E-state index in [1.165, 1.54) is 16.9 Å². The first-order chi connectivity index (χ1) is 8.58. The van der Waals surface area contributed by atoms with Crippen LogP contribution in [-0.2, 0) is 0 Å². The molecule has 96 valence electrons. The van der Waals surface area contributed by atoms with Crippen LogP contribution in [0.1, 0.15) is 38.7 Å². The van der Waals surface area contributed by atoms with E-state index in [9.17, 15) is 4.39 Å². The highest BCUT2D eigenvalue weighted by molar-refractivity contribution is 8.04. The summed E-state index contributed by atoms with van der Waals surface area (Å²) in [5, 5.41) is 0.672. The molecule has 0 aromatic heterocycles. The van der Waals surface area contributed by atoms with Crippen molar-refractivity contribution in [2.75, 3.05) is 0 Å². The highest BCUT2D eigenvalue weighted by atomic mass is 32.2. The third-order valence-corrected chi connectivity index (χ3v) is 6.24. The molecule has 1 aromatic rings. The second-order valence-corrected chi connectivity index (χ2v) is 7.11. The molecule has 4 unspecified atom stereocenters. The normalized spacial score (nSPS) is 35.1. The predicted molar refractivity (Wildman–Crippen MR) is 76.2 cm³/mol. The van der Waals surface area contributed by atoms with Crippen molar-refractivity contribution in [1.82, 2.24) is 0 Å². The Hall–Kier alpha value is -0.760. The maximum Gasteiger partial charge on any atom is 0.123 e. The molecule has 1 saturated carbocycles. The summed E-state index contributed by atoms with van der Waals surface area (Å²) in [6.07, 6.45) is 1.28. The maximum absolute atomic E-state index is 13.0. The maximum atomic E-state index is 13.0. The Morgan fingerprint density at radius 3 is 2.50 bits per heavy atom. The molecule has 1 aromatic carbocycles. The summed E-state index contributed by atoms with van der Waals surface area (Å²) < 4.78 is 13.0. The number of benzene rings is 1. The fraction of sp³-hybridized carbons (Fsp3) is 0.500. The molecular formula is C16H19FS. The van der Waals surface area contributed by atoms with Crippen molar-refractivity contribution in [1.29, 1.82) is 0 Å². The zero-order chi connectivity index (χ0) is 12.9.